The summed E-state index contributed by atoms with van der Waals surface area (Å²) in [4.78, 5) is 0. The van der Waals surface area contributed by atoms with E-state index in [0.717, 1.165) is 5.56 Å². The van der Waals surface area contributed by atoms with E-state index in [9.17, 15) is 8.42 Å². The lowest BCUT2D eigenvalue weighted by molar-refractivity contribution is 0.350. The summed E-state index contributed by atoms with van der Waals surface area (Å²) in [5.74, 6) is 5.30. The van der Waals surface area contributed by atoms with E-state index in [1.54, 1.807) is 25.1 Å². The maximum absolute atomic E-state index is 11.5. The third-order valence-electron chi connectivity index (χ3n) is 2.13. The molecule has 0 spiro atoms. The minimum Gasteiger partial charge on any atom is -0.384 e. The number of hydrogen-bond acceptors (Lipinski definition) is 3. The van der Waals surface area contributed by atoms with E-state index in [2.05, 4.69) is 21.3 Å². The molecule has 0 amide bonds. The fourth-order valence-corrected chi connectivity index (χ4v) is 2.23. The summed E-state index contributed by atoms with van der Waals surface area (Å²) in [7, 11) is -3.53. The van der Waals surface area contributed by atoms with Gasteiger partial charge in [-0.2, -0.15) is 13.1 Å². The predicted octanol–water partition coefficient (Wildman–Crippen LogP) is 0.605. The number of anilines is 1. The highest BCUT2D eigenvalue weighted by molar-refractivity contribution is 7.90. The molecule has 0 aliphatic carbocycles. The Labute approximate surface area is 107 Å². The number of benzene rings is 1. The molecule has 0 fully saturated rings. The van der Waals surface area contributed by atoms with Crippen LogP contribution in [0, 0.1) is 18.8 Å². The van der Waals surface area contributed by atoms with Crippen LogP contribution in [-0.2, 0) is 10.2 Å². The molecule has 3 N–H and O–H groups in total. The molecule has 98 valence electrons. The molecule has 0 aliphatic heterocycles. The number of hydrogen-bond donors (Lipinski definition) is 3. The Morgan fingerprint density at radius 1 is 1.39 bits per heavy atom. The SMILES string of the molecule is CCNS(=O)(=O)Nc1ccc(C)c(C#CCO)c1. The van der Waals surface area contributed by atoms with E-state index in [-0.39, 0.29) is 6.61 Å². The van der Waals surface area contributed by atoms with Gasteiger partial charge in [-0.3, -0.25) is 4.72 Å². The second-order valence-electron chi connectivity index (χ2n) is 3.59. The van der Waals surface area contributed by atoms with E-state index >= 15 is 0 Å². The van der Waals surface area contributed by atoms with Gasteiger partial charge in [0, 0.05) is 12.1 Å². The van der Waals surface area contributed by atoms with Gasteiger partial charge in [0.05, 0.1) is 5.69 Å². The first-order valence-corrected chi connectivity index (χ1v) is 6.94. The van der Waals surface area contributed by atoms with Crippen LogP contribution in [0.5, 0.6) is 0 Å². The van der Waals surface area contributed by atoms with Crippen molar-refractivity contribution in [1.82, 2.24) is 4.72 Å². The molecule has 6 heteroatoms. The molecule has 1 aromatic carbocycles. The van der Waals surface area contributed by atoms with Gasteiger partial charge in [0.15, 0.2) is 0 Å². The molecule has 0 atom stereocenters. The average molecular weight is 268 g/mol. The van der Waals surface area contributed by atoms with Crippen molar-refractivity contribution in [2.45, 2.75) is 13.8 Å². The van der Waals surface area contributed by atoms with Crippen molar-refractivity contribution in [3.63, 3.8) is 0 Å². The van der Waals surface area contributed by atoms with E-state index in [0.29, 0.717) is 17.8 Å². The molecular formula is C12H16N2O3S. The quantitative estimate of drug-likeness (QED) is 0.700. The van der Waals surface area contributed by atoms with Crippen molar-refractivity contribution in [1.29, 1.82) is 0 Å². The third-order valence-corrected chi connectivity index (χ3v) is 3.30. The number of aliphatic hydroxyl groups excluding tert-OH is 1. The monoisotopic (exact) mass is 268 g/mol. The standard InChI is InChI=1S/C12H16N2O3S/c1-3-13-18(16,17)14-12-7-6-10(2)11(9-12)5-4-8-15/h6-7,9,13-15H,3,8H2,1-2H3. The van der Waals surface area contributed by atoms with E-state index in [4.69, 9.17) is 5.11 Å². The minimum atomic E-state index is -3.53. The molecule has 0 radical (unpaired) electrons. The van der Waals surface area contributed by atoms with Crippen molar-refractivity contribution in [3.05, 3.63) is 29.3 Å². The van der Waals surface area contributed by atoms with Gasteiger partial charge < -0.3 is 5.11 Å². The fraction of sp³-hybridized carbons (Fsp3) is 0.333. The smallest absolute Gasteiger partial charge is 0.299 e. The Kier molecular flexibility index (Phi) is 5.16. The van der Waals surface area contributed by atoms with E-state index in [1.165, 1.54) is 0 Å². The van der Waals surface area contributed by atoms with Crippen LogP contribution in [0.4, 0.5) is 5.69 Å². The van der Waals surface area contributed by atoms with Gasteiger partial charge in [0.2, 0.25) is 0 Å². The maximum Gasteiger partial charge on any atom is 0.299 e. The van der Waals surface area contributed by atoms with Crippen LogP contribution in [0.15, 0.2) is 18.2 Å². The van der Waals surface area contributed by atoms with Gasteiger partial charge in [-0.1, -0.05) is 24.8 Å². The van der Waals surface area contributed by atoms with Crippen LogP contribution < -0.4 is 9.44 Å². The van der Waals surface area contributed by atoms with Gasteiger partial charge in [-0.15, -0.1) is 0 Å². The Bertz CT molecular complexity index is 571. The topological polar surface area (TPSA) is 78.4 Å². The normalized spacial score (nSPS) is 10.6. The highest BCUT2D eigenvalue weighted by atomic mass is 32.2. The van der Waals surface area contributed by atoms with Crippen LogP contribution in [0.25, 0.3) is 0 Å². The van der Waals surface area contributed by atoms with Crippen molar-refractivity contribution in [2.24, 2.45) is 0 Å². The van der Waals surface area contributed by atoms with Gasteiger partial charge in [-0.25, -0.2) is 0 Å². The Balaban J connectivity index is 2.99. The summed E-state index contributed by atoms with van der Waals surface area (Å²) in [5.41, 5.74) is 2.03. The summed E-state index contributed by atoms with van der Waals surface area (Å²) in [6, 6.07) is 5.06. The molecule has 0 saturated heterocycles. The van der Waals surface area contributed by atoms with E-state index in [1.807, 2.05) is 6.92 Å². The zero-order chi connectivity index (χ0) is 13.6. The first-order chi connectivity index (χ1) is 8.48. The molecule has 0 bridgehead atoms. The summed E-state index contributed by atoms with van der Waals surface area (Å²) in [6.07, 6.45) is 0. The zero-order valence-corrected chi connectivity index (χ0v) is 11.1. The number of aryl methyl sites for hydroxylation is 1. The minimum absolute atomic E-state index is 0.229. The first kappa shape index (κ1) is 14.5. The molecule has 0 unspecified atom stereocenters. The zero-order valence-electron chi connectivity index (χ0n) is 10.3. The lowest BCUT2D eigenvalue weighted by Crippen LogP contribution is -2.29. The molecule has 5 nitrogen and oxygen atoms in total. The molecule has 0 saturated carbocycles. The highest BCUT2D eigenvalue weighted by Gasteiger charge is 2.08. The van der Waals surface area contributed by atoms with Gasteiger partial charge in [0.25, 0.3) is 10.2 Å². The Morgan fingerprint density at radius 3 is 2.72 bits per heavy atom. The molecule has 0 aromatic heterocycles. The average Bonchev–Trinajstić information content (AvgIpc) is 2.29. The maximum atomic E-state index is 11.5. The summed E-state index contributed by atoms with van der Waals surface area (Å²) in [6.45, 7) is 3.65. The largest absolute Gasteiger partial charge is 0.384 e. The van der Waals surface area contributed by atoms with Gasteiger partial charge >= 0.3 is 0 Å². The predicted molar refractivity (Wildman–Crippen MR) is 71.4 cm³/mol. The van der Waals surface area contributed by atoms with Gasteiger partial charge in [-0.05, 0) is 24.6 Å². The molecule has 0 heterocycles. The van der Waals surface area contributed by atoms with Crippen molar-refractivity contribution >= 4 is 15.9 Å². The van der Waals surface area contributed by atoms with Crippen molar-refractivity contribution in [2.75, 3.05) is 17.9 Å². The summed E-state index contributed by atoms with van der Waals surface area (Å²) < 4.78 is 27.8. The first-order valence-electron chi connectivity index (χ1n) is 5.46. The molecule has 1 aromatic rings. The second-order valence-corrected chi connectivity index (χ2v) is 5.09. The number of nitrogens with one attached hydrogen (secondary N) is 2. The number of rotatable bonds is 4. The summed E-state index contributed by atoms with van der Waals surface area (Å²) >= 11 is 0. The van der Waals surface area contributed by atoms with E-state index < -0.39 is 10.2 Å². The molecule has 0 aliphatic rings. The Morgan fingerprint density at radius 2 is 2.11 bits per heavy atom. The number of aliphatic hydroxyl groups is 1. The van der Waals surface area contributed by atoms with Crippen molar-refractivity contribution in [3.8, 4) is 11.8 Å². The third kappa shape index (κ3) is 4.37. The van der Waals surface area contributed by atoms with Crippen molar-refractivity contribution < 1.29 is 13.5 Å². The highest BCUT2D eigenvalue weighted by Crippen LogP contribution is 2.15. The van der Waals surface area contributed by atoms with Gasteiger partial charge in [0.1, 0.15) is 6.61 Å². The fourth-order valence-electron chi connectivity index (χ4n) is 1.34. The second kappa shape index (κ2) is 6.40. The lowest BCUT2D eigenvalue weighted by Gasteiger charge is -2.09. The van der Waals surface area contributed by atoms with Crippen LogP contribution >= 0.6 is 0 Å². The molecule has 18 heavy (non-hydrogen) atoms. The lowest BCUT2D eigenvalue weighted by atomic mass is 10.1. The van der Waals surface area contributed by atoms with Crippen LogP contribution in [-0.4, -0.2) is 26.7 Å². The molecular weight excluding hydrogens is 252 g/mol. The van der Waals surface area contributed by atoms with Crippen LogP contribution in [0.1, 0.15) is 18.1 Å². The van der Waals surface area contributed by atoms with Crippen LogP contribution in [0.3, 0.4) is 0 Å². The summed E-state index contributed by atoms with van der Waals surface area (Å²) in [5, 5.41) is 8.65. The molecule has 1 rings (SSSR count). The Hall–Kier alpha value is -1.55. The van der Waals surface area contributed by atoms with Crippen LogP contribution in [0.2, 0.25) is 0 Å².